The molecule has 0 fully saturated rings. The number of hydrogen-bond acceptors (Lipinski definition) is 2. The summed E-state index contributed by atoms with van der Waals surface area (Å²) in [7, 11) is 3.63. The average Bonchev–Trinajstić information content (AvgIpc) is 2.55. The van der Waals surface area contributed by atoms with Crippen molar-refractivity contribution in [3.63, 3.8) is 0 Å². The van der Waals surface area contributed by atoms with Crippen molar-refractivity contribution in [2.45, 2.75) is 6.42 Å². The van der Waals surface area contributed by atoms with Crippen molar-refractivity contribution in [2.24, 2.45) is 12.8 Å². The van der Waals surface area contributed by atoms with Gasteiger partial charge in [0, 0.05) is 24.7 Å². The van der Waals surface area contributed by atoms with Gasteiger partial charge >= 0.3 is 0 Å². The molecule has 0 bridgehead atoms. The van der Waals surface area contributed by atoms with Crippen LogP contribution >= 0.6 is 11.6 Å². The highest BCUT2D eigenvalue weighted by Crippen LogP contribution is 2.32. The van der Waals surface area contributed by atoms with Crippen molar-refractivity contribution in [2.75, 3.05) is 13.7 Å². The van der Waals surface area contributed by atoms with E-state index in [1.54, 1.807) is 7.11 Å². The average molecular weight is 239 g/mol. The maximum absolute atomic E-state index is 6.12. The number of hydrogen-bond donors (Lipinski definition) is 1. The Kier molecular flexibility index (Phi) is 3.08. The Morgan fingerprint density at radius 2 is 2.19 bits per heavy atom. The normalized spacial score (nSPS) is 11.0. The number of methoxy groups -OCH3 is 1. The van der Waals surface area contributed by atoms with Crippen molar-refractivity contribution in [3.05, 3.63) is 28.9 Å². The van der Waals surface area contributed by atoms with Gasteiger partial charge in [0.2, 0.25) is 0 Å². The van der Waals surface area contributed by atoms with Crippen LogP contribution in [-0.2, 0) is 13.5 Å². The number of rotatable bonds is 3. The van der Waals surface area contributed by atoms with Crippen molar-refractivity contribution in [3.8, 4) is 5.75 Å². The van der Waals surface area contributed by atoms with Gasteiger partial charge in [0.05, 0.1) is 17.6 Å². The van der Waals surface area contributed by atoms with Crippen molar-refractivity contribution in [1.82, 2.24) is 4.57 Å². The summed E-state index contributed by atoms with van der Waals surface area (Å²) < 4.78 is 7.28. The molecule has 0 aliphatic heterocycles. The first kappa shape index (κ1) is 11.3. The number of aromatic nitrogens is 1. The standard InChI is InChI=1S/C12H15ClN2O/c1-15-7-8(3-4-14)9-5-10(13)12(16-2)6-11(9)15/h5-7H,3-4,14H2,1-2H3. The Hall–Kier alpha value is -1.19. The number of fused-ring (bicyclic) bond motifs is 1. The van der Waals surface area contributed by atoms with E-state index in [0.29, 0.717) is 17.3 Å². The van der Waals surface area contributed by atoms with Crippen molar-refractivity contribution < 1.29 is 4.74 Å². The fourth-order valence-corrected chi connectivity index (χ4v) is 2.22. The number of benzene rings is 1. The summed E-state index contributed by atoms with van der Waals surface area (Å²) >= 11 is 6.12. The monoisotopic (exact) mass is 238 g/mol. The Morgan fingerprint density at radius 1 is 1.44 bits per heavy atom. The van der Waals surface area contributed by atoms with Crippen LogP contribution in [0.1, 0.15) is 5.56 Å². The minimum atomic E-state index is 0.638. The van der Waals surface area contributed by atoms with Crippen LogP contribution in [0.25, 0.3) is 10.9 Å². The van der Waals surface area contributed by atoms with Gasteiger partial charge in [0.25, 0.3) is 0 Å². The highest BCUT2D eigenvalue weighted by Gasteiger charge is 2.10. The molecule has 0 saturated heterocycles. The van der Waals surface area contributed by atoms with E-state index in [9.17, 15) is 0 Å². The molecule has 1 heterocycles. The molecule has 0 spiro atoms. The molecule has 86 valence electrons. The zero-order chi connectivity index (χ0) is 11.7. The van der Waals surface area contributed by atoms with Crippen LogP contribution in [0.3, 0.4) is 0 Å². The number of halogens is 1. The van der Waals surface area contributed by atoms with E-state index in [0.717, 1.165) is 17.3 Å². The van der Waals surface area contributed by atoms with Crippen LogP contribution in [-0.4, -0.2) is 18.2 Å². The first-order chi connectivity index (χ1) is 7.67. The summed E-state index contributed by atoms with van der Waals surface area (Å²) in [6.07, 6.45) is 2.95. The van der Waals surface area contributed by atoms with Crippen LogP contribution in [0.2, 0.25) is 5.02 Å². The summed E-state index contributed by atoms with van der Waals surface area (Å²) in [5.74, 6) is 0.703. The van der Waals surface area contributed by atoms with Gasteiger partial charge in [0.1, 0.15) is 5.75 Å². The summed E-state index contributed by atoms with van der Waals surface area (Å²) in [6.45, 7) is 0.642. The fourth-order valence-electron chi connectivity index (χ4n) is 1.98. The first-order valence-electron chi connectivity index (χ1n) is 5.19. The number of nitrogens with zero attached hydrogens (tertiary/aromatic N) is 1. The van der Waals surface area contributed by atoms with E-state index >= 15 is 0 Å². The highest BCUT2D eigenvalue weighted by molar-refractivity contribution is 6.32. The van der Waals surface area contributed by atoms with Crippen LogP contribution < -0.4 is 10.5 Å². The molecule has 0 amide bonds. The Morgan fingerprint density at radius 3 is 2.81 bits per heavy atom. The SMILES string of the molecule is COc1cc2c(cc1Cl)c(CCN)cn2C. The second-order valence-electron chi connectivity index (χ2n) is 3.81. The highest BCUT2D eigenvalue weighted by atomic mass is 35.5. The lowest BCUT2D eigenvalue weighted by Crippen LogP contribution is -2.01. The summed E-state index contributed by atoms with van der Waals surface area (Å²) in [5, 5.41) is 1.79. The van der Waals surface area contributed by atoms with Gasteiger partial charge in [-0.1, -0.05) is 11.6 Å². The lowest BCUT2D eigenvalue weighted by Gasteiger charge is -2.04. The molecular formula is C12H15ClN2O. The quantitative estimate of drug-likeness (QED) is 0.892. The third-order valence-electron chi connectivity index (χ3n) is 2.76. The summed E-state index contributed by atoms with van der Waals surface area (Å²) in [4.78, 5) is 0. The number of nitrogens with two attached hydrogens (primary N) is 1. The van der Waals surface area contributed by atoms with E-state index in [1.165, 1.54) is 5.56 Å². The molecular weight excluding hydrogens is 224 g/mol. The second kappa shape index (κ2) is 4.36. The predicted octanol–water partition coefficient (Wildman–Crippen LogP) is 2.34. The molecule has 0 aliphatic carbocycles. The molecule has 0 radical (unpaired) electrons. The molecule has 0 atom stereocenters. The summed E-state index contributed by atoms with van der Waals surface area (Å²) in [6, 6.07) is 3.90. The van der Waals surface area contributed by atoms with E-state index in [-0.39, 0.29) is 0 Å². The molecule has 2 rings (SSSR count). The van der Waals surface area contributed by atoms with E-state index in [1.807, 2.05) is 19.2 Å². The van der Waals surface area contributed by atoms with E-state index in [4.69, 9.17) is 22.1 Å². The van der Waals surface area contributed by atoms with Crippen LogP contribution in [0, 0.1) is 0 Å². The van der Waals surface area contributed by atoms with Crippen LogP contribution in [0.5, 0.6) is 5.75 Å². The van der Waals surface area contributed by atoms with Gasteiger partial charge < -0.3 is 15.0 Å². The molecule has 4 heteroatoms. The van der Waals surface area contributed by atoms with Crippen molar-refractivity contribution >= 4 is 22.5 Å². The fraction of sp³-hybridized carbons (Fsp3) is 0.333. The van der Waals surface area contributed by atoms with Gasteiger partial charge in [0.15, 0.2) is 0 Å². The molecule has 1 aromatic heterocycles. The lowest BCUT2D eigenvalue weighted by molar-refractivity contribution is 0.415. The third kappa shape index (κ3) is 1.77. The van der Waals surface area contributed by atoms with E-state index < -0.39 is 0 Å². The molecule has 0 aliphatic rings. The number of ether oxygens (including phenoxy) is 1. The topological polar surface area (TPSA) is 40.2 Å². The minimum Gasteiger partial charge on any atom is -0.495 e. The molecule has 2 aromatic rings. The van der Waals surface area contributed by atoms with Crippen molar-refractivity contribution in [1.29, 1.82) is 0 Å². The zero-order valence-corrected chi connectivity index (χ0v) is 10.2. The van der Waals surface area contributed by atoms with Gasteiger partial charge in [-0.05, 0) is 24.6 Å². The van der Waals surface area contributed by atoms with E-state index in [2.05, 4.69) is 10.8 Å². The molecule has 0 unspecified atom stereocenters. The minimum absolute atomic E-state index is 0.638. The van der Waals surface area contributed by atoms with Crippen LogP contribution in [0.15, 0.2) is 18.3 Å². The zero-order valence-electron chi connectivity index (χ0n) is 9.46. The predicted molar refractivity (Wildman–Crippen MR) is 67.2 cm³/mol. The molecule has 16 heavy (non-hydrogen) atoms. The molecule has 2 N–H and O–H groups in total. The molecule has 0 saturated carbocycles. The molecule has 3 nitrogen and oxygen atoms in total. The smallest absolute Gasteiger partial charge is 0.139 e. The Bertz CT molecular complexity index is 519. The Labute approximate surface area is 99.7 Å². The third-order valence-corrected chi connectivity index (χ3v) is 3.05. The molecule has 1 aromatic carbocycles. The number of aryl methyl sites for hydroxylation is 1. The van der Waals surface area contributed by atoms with Crippen LogP contribution in [0.4, 0.5) is 0 Å². The van der Waals surface area contributed by atoms with Gasteiger partial charge in [-0.2, -0.15) is 0 Å². The Balaban J connectivity index is 2.66. The first-order valence-corrected chi connectivity index (χ1v) is 5.56. The van der Waals surface area contributed by atoms with Gasteiger partial charge in [-0.15, -0.1) is 0 Å². The lowest BCUT2D eigenvalue weighted by atomic mass is 10.1. The van der Waals surface area contributed by atoms with Gasteiger partial charge in [-0.3, -0.25) is 0 Å². The maximum atomic E-state index is 6.12. The van der Waals surface area contributed by atoms with Gasteiger partial charge in [-0.25, -0.2) is 0 Å². The largest absolute Gasteiger partial charge is 0.495 e. The summed E-state index contributed by atoms with van der Waals surface area (Å²) in [5.41, 5.74) is 7.93. The maximum Gasteiger partial charge on any atom is 0.139 e. The second-order valence-corrected chi connectivity index (χ2v) is 4.22.